The number of amides is 1. The van der Waals surface area contributed by atoms with Crippen LogP contribution in [0.15, 0.2) is 18.2 Å². The second-order valence-corrected chi connectivity index (χ2v) is 5.71. The highest BCUT2D eigenvalue weighted by Gasteiger charge is 2.40. The predicted octanol–water partition coefficient (Wildman–Crippen LogP) is 1.78. The average molecular weight is 274 g/mol. The number of carbonyl (C=O) groups is 2. The summed E-state index contributed by atoms with van der Waals surface area (Å²) in [7, 11) is 0. The molecule has 0 unspecified atom stereocenters. The molecule has 1 amide bonds. The van der Waals surface area contributed by atoms with Crippen LogP contribution in [0.4, 0.5) is 5.69 Å². The molecule has 0 spiro atoms. The maximum atomic E-state index is 12.3. The number of benzene rings is 1. The Morgan fingerprint density at radius 3 is 2.80 bits per heavy atom. The lowest BCUT2D eigenvalue weighted by molar-refractivity contribution is -0.139. The van der Waals surface area contributed by atoms with Crippen LogP contribution in [-0.4, -0.2) is 29.1 Å². The largest absolute Gasteiger partial charge is 0.481 e. The van der Waals surface area contributed by atoms with Crippen molar-refractivity contribution in [1.29, 1.82) is 0 Å². The van der Waals surface area contributed by atoms with E-state index in [0.717, 1.165) is 43.5 Å². The van der Waals surface area contributed by atoms with Crippen molar-refractivity contribution in [2.24, 2.45) is 0 Å². The number of carboxylic acids is 1. The van der Waals surface area contributed by atoms with Gasteiger partial charge >= 0.3 is 5.97 Å². The Kier molecular flexibility index (Phi) is 3.12. The van der Waals surface area contributed by atoms with Gasteiger partial charge in [-0.1, -0.05) is 0 Å². The molecular formula is C15H18N2O3. The number of anilines is 1. The van der Waals surface area contributed by atoms with Crippen LogP contribution in [0, 0.1) is 0 Å². The van der Waals surface area contributed by atoms with E-state index in [4.69, 9.17) is 5.11 Å². The van der Waals surface area contributed by atoms with Gasteiger partial charge in [-0.25, -0.2) is 0 Å². The molecule has 2 aliphatic rings. The van der Waals surface area contributed by atoms with Gasteiger partial charge in [-0.2, -0.15) is 0 Å². The van der Waals surface area contributed by atoms with Crippen LogP contribution < -0.4 is 10.6 Å². The minimum atomic E-state index is -0.858. The third-order valence-electron chi connectivity index (χ3n) is 4.26. The summed E-state index contributed by atoms with van der Waals surface area (Å²) in [5, 5.41) is 15.1. The number of carboxylic acid groups (broad SMARTS) is 1. The highest BCUT2D eigenvalue weighted by molar-refractivity contribution is 5.96. The van der Waals surface area contributed by atoms with Crippen molar-refractivity contribution in [1.82, 2.24) is 5.32 Å². The summed E-state index contributed by atoms with van der Waals surface area (Å²) in [6, 6.07) is 5.61. The SMILES string of the molecule is O=C(O)CC1(NC(=O)c2ccc3c(c2)CCN3)CCC1. The predicted molar refractivity (Wildman–Crippen MR) is 74.9 cm³/mol. The van der Waals surface area contributed by atoms with Crippen molar-refractivity contribution in [3.05, 3.63) is 29.3 Å². The van der Waals surface area contributed by atoms with Crippen LogP contribution in [0.1, 0.15) is 41.6 Å². The molecule has 106 valence electrons. The minimum Gasteiger partial charge on any atom is -0.481 e. The van der Waals surface area contributed by atoms with E-state index in [0.29, 0.717) is 5.56 Å². The quantitative estimate of drug-likeness (QED) is 0.782. The third-order valence-corrected chi connectivity index (χ3v) is 4.26. The van der Waals surface area contributed by atoms with E-state index in [9.17, 15) is 9.59 Å². The standard InChI is InChI=1S/C15H18N2O3/c18-13(19)9-15(5-1-6-15)17-14(20)11-2-3-12-10(8-11)4-7-16-12/h2-3,8,16H,1,4-7,9H2,(H,17,20)(H,18,19). The van der Waals surface area contributed by atoms with Gasteiger partial charge in [0, 0.05) is 17.8 Å². The fraction of sp³-hybridized carbons (Fsp3) is 0.467. The van der Waals surface area contributed by atoms with Crippen LogP contribution in [0.2, 0.25) is 0 Å². The molecule has 3 rings (SSSR count). The van der Waals surface area contributed by atoms with Gasteiger partial charge in [0.15, 0.2) is 0 Å². The highest BCUT2D eigenvalue weighted by Crippen LogP contribution is 2.35. The van der Waals surface area contributed by atoms with Crippen molar-refractivity contribution < 1.29 is 14.7 Å². The van der Waals surface area contributed by atoms with Crippen molar-refractivity contribution in [2.75, 3.05) is 11.9 Å². The van der Waals surface area contributed by atoms with Gasteiger partial charge in [-0.3, -0.25) is 9.59 Å². The van der Waals surface area contributed by atoms with Gasteiger partial charge in [0.1, 0.15) is 0 Å². The Labute approximate surface area is 117 Å². The smallest absolute Gasteiger partial charge is 0.305 e. The average Bonchev–Trinajstić information content (AvgIpc) is 2.82. The second kappa shape index (κ2) is 4.81. The molecule has 1 aromatic rings. The first-order valence-corrected chi connectivity index (χ1v) is 6.99. The van der Waals surface area contributed by atoms with Crippen molar-refractivity contribution in [3.63, 3.8) is 0 Å². The topological polar surface area (TPSA) is 78.4 Å². The number of nitrogens with one attached hydrogen (secondary N) is 2. The van der Waals surface area contributed by atoms with Gasteiger partial charge in [0.2, 0.25) is 0 Å². The van der Waals surface area contributed by atoms with Crippen LogP contribution in [0.3, 0.4) is 0 Å². The lowest BCUT2D eigenvalue weighted by Crippen LogP contribution is -2.54. The molecule has 0 bridgehead atoms. The summed E-state index contributed by atoms with van der Waals surface area (Å²) in [5.74, 6) is -1.02. The van der Waals surface area contributed by atoms with E-state index in [2.05, 4.69) is 10.6 Å². The van der Waals surface area contributed by atoms with Gasteiger partial charge in [0.25, 0.3) is 5.91 Å². The second-order valence-electron chi connectivity index (χ2n) is 5.71. The summed E-state index contributed by atoms with van der Waals surface area (Å²) in [6.07, 6.45) is 3.40. The van der Waals surface area contributed by atoms with E-state index < -0.39 is 11.5 Å². The molecule has 1 fully saturated rings. The Hall–Kier alpha value is -2.04. The van der Waals surface area contributed by atoms with E-state index in [1.54, 1.807) is 6.07 Å². The molecule has 0 radical (unpaired) electrons. The Balaban J connectivity index is 1.74. The first-order chi connectivity index (χ1) is 9.58. The van der Waals surface area contributed by atoms with Crippen molar-refractivity contribution in [2.45, 2.75) is 37.6 Å². The zero-order valence-electron chi connectivity index (χ0n) is 11.2. The lowest BCUT2D eigenvalue weighted by Gasteiger charge is -2.41. The zero-order valence-corrected chi connectivity index (χ0v) is 11.2. The van der Waals surface area contributed by atoms with E-state index >= 15 is 0 Å². The molecule has 1 heterocycles. The fourth-order valence-electron chi connectivity index (χ4n) is 3.00. The van der Waals surface area contributed by atoms with Crippen molar-refractivity contribution in [3.8, 4) is 0 Å². The van der Waals surface area contributed by atoms with E-state index in [1.165, 1.54) is 0 Å². The summed E-state index contributed by atoms with van der Waals surface area (Å²) < 4.78 is 0. The lowest BCUT2D eigenvalue weighted by atomic mass is 9.74. The highest BCUT2D eigenvalue weighted by atomic mass is 16.4. The van der Waals surface area contributed by atoms with Crippen LogP contribution >= 0.6 is 0 Å². The molecule has 20 heavy (non-hydrogen) atoms. The van der Waals surface area contributed by atoms with Crippen LogP contribution in [-0.2, 0) is 11.2 Å². The van der Waals surface area contributed by atoms with E-state index in [1.807, 2.05) is 12.1 Å². The minimum absolute atomic E-state index is 0.00519. The number of rotatable bonds is 4. The first kappa shape index (κ1) is 13.0. The molecule has 5 heteroatoms. The monoisotopic (exact) mass is 274 g/mol. The molecule has 1 aromatic carbocycles. The normalized spacial score (nSPS) is 18.6. The molecule has 1 aliphatic carbocycles. The maximum Gasteiger partial charge on any atom is 0.305 e. The molecule has 0 aromatic heterocycles. The molecule has 5 nitrogen and oxygen atoms in total. The molecule has 0 atom stereocenters. The number of hydrogen-bond acceptors (Lipinski definition) is 3. The number of hydrogen-bond donors (Lipinski definition) is 3. The molecule has 0 saturated heterocycles. The zero-order chi connectivity index (χ0) is 14.2. The van der Waals surface area contributed by atoms with Crippen LogP contribution in [0.25, 0.3) is 0 Å². The van der Waals surface area contributed by atoms with Crippen molar-refractivity contribution >= 4 is 17.6 Å². The molecule has 1 saturated carbocycles. The van der Waals surface area contributed by atoms with Gasteiger partial charge in [-0.05, 0) is 49.4 Å². The third kappa shape index (κ3) is 2.35. The number of fused-ring (bicyclic) bond motifs is 1. The maximum absolute atomic E-state index is 12.3. The summed E-state index contributed by atoms with van der Waals surface area (Å²) in [6.45, 7) is 0.906. The molecule has 3 N–H and O–H groups in total. The fourth-order valence-corrected chi connectivity index (χ4v) is 3.00. The van der Waals surface area contributed by atoms with E-state index in [-0.39, 0.29) is 12.3 Å². The Morgan fingerprint density at radius 2 is 2.15 bits per heavy atom. The molecular weight excluding hydrogens is 256 g/mol. The summed E-state index contributed by atoms with van der Waals surface area (Å²) >= 11 is 0. The Bertz CT molecular complexity index is 564. The number of carbonyl (C=O) groups excluding carboxylic acids is 1. The van der Waals surface area contributed by atoms with Gasteiger partial charge in [0.05, 0.1) is 12.0 Å². The summed E-state index contributed by atoms with van der Waals surface area (Å²) in [4.78, 5) is 23.2. The van der Waals surface area contributed by atoms with Gasteiger partial charge in [-0.15, -0.1) is 0 Å². The number of aliphatic carboxylic acids is 1. The first-order valence-electron chi connectivity index (χ1n) is 6.99. The summed E-state index contributed by atoms with van der Waals surface area (Å²) in [5.41, 5.74) is 2.31. The molecule has 1 aliphatic heterocycles. The van der Waals surface area contributed by atoms with Gasteiger partial charge < -0.3 is 15.7 Å². The van der Waals surface area contributed by atoms with Crippen LogP contribution in [0.5, 0.6) is 0 Å². The Morgan fingerprint density at radius 1 is 1.35 bits per heavy atom.